The van der Waals surface area contributed by atoms with Crippen LogP contribution < -0.4 is 58.9 Å². The molecule has 0 bridgehead atoms. The molecule has 0 aromatic rings. The van der Waals surface area contributed by atoms with Crippen molar-refractivity contribution in [2.45, 2.75) is 211 Å². The molecule has 2 heterocycles. The molecule has 0 aromatic heterocycles. The van der Waals surface area contributed by atoms with E-state index in [0.29, 0.717) is 36.6 Å². The zero-order chi connectivity index (χ0) is 69.5. The molecule has 12 atom stereocenters. The summed E-state index contributed by atoms with van der Waals surface area (Å²) in [6.07, 6.45) is 6.86. The molecule has 2 aliphatic heterocycles. The first-order valence-electron chi connectivity index (χ1n) is 30.6. The zero-order valence-corrected chi connectivity index (χ0v) is 53.0. The summed E-state index contributed by atoms with van der Waals surface area (Å²) in [7, 11) is 0.901. The molecule has 0 radical (unpaired) electrons. The van der Waals surface area contributed by atoms with Crippen LogP contribution in [0, 0.1) is 11.8 Å². The van der Waals surface area contributed by atoms with Crippen LogP contribution in [0.25, 0.3) is 0 Å². The quantitative estimate of drug-likeness (QED) is 0.0209. The number of hydrogen-bond acceptors (Lipinski definition) is 18. The Balaban J connectivity index is 2.11. The number of nitrogens with one attached hydrogen (secondary N) is 10. The van der Waals surface area contributed by atoms with E-state index < -0.39 is 206 Å². The Morgan fingerprint density at radius 2 is 1.14 bits per heavy atom. The molecule has 0 saturated carbocycles. The number of carbonyl (C=O) groups excluding carboxylic acids is 11. The summed E-state index contributed by atoms with van der Waals surface area (Å²) in [6.45, 7) is 8.72. The van der Waals surface area contributed by atoms with E-state index in [1.807, 2.05) is 16.0 Å². The van der Waals surface area contributed by atoms with Crippen molar-refractivity contribution >= 4 is 94.8 Å². The molecule has 516 valence electrons. The summed E-state index contributed by atoms with van der Waals surface area (Å²) < 4.78 is 0. The number of unbranched alkanes of at least 4 members (excludes halogenated alkanes) is 3. The summed E-state index contributed by atoms with van der Waals surface area (Å²) in [5, 5.41) is 71.7. The Bertz CT molecular complexity index is 2670. The Kier molecular flexibility index (Phi) is 34.6. The number of likely N-dealkylation sites (N-methyl/N-ethyl adjacent to an activating group) is 1. The second kappa shape index (κ2) is 40.1. The molecule has 34 heteroatoms. The average molecular weight is 1310 g/mol. The minimum absolute atomic E-state index is 0.0387. The van der Waals surface area contributed by atoms with Gasteiger partial charge < -0.3 is 94.2 Å². The van der Waals surface area contributed by atoms with E-state index >= 15 is 0 Å². The van der Waals surface area contributed by atoms with Gasteiger partial charge in [0.1, 0.15) is 48.3 Å². The highest BCUT2D eigenvalue weighted by atomic mass is 16.4. The Labute approximate surface area is 532 Å². The first-order chi connectivity index (χ1) is 43.2. The van der Waals surface area contributed by atoms with Crippen LogP contribution in [-0.2, 0) is 76.7 Å². The third kappa shape index (κ3) is 28.1. The van der Waals surface area contributed by atoms with Crippen molar-refractivity contribution < 1.29 is 102 Å². The van der Waals surface area contributed by atoms with Gasteiger partial charge >= 0.3 is 29.8 Å². The molecule has 11 amide bonds. The fraction of sp³-hybridized carbons (Fsp3) is 0.690. The highest BCUT2D eigenvalue weighted by Crippen LogP contribution is 2.22. The number of amides is 11. The third-order valence-corrected chi connectivity index (χ3v) is 15.4. The van der Waals surface area contributed by atoms with E-state index in [9.17, 15) is 102 Å². The first-order valence-corrected chi connectivity index (χ1v) is 30.6. The van der Waals surface area contributed by atoms with Gasteiger partial charge in [-0.3, -0.25) is 71.9 Å². The molecule has 2 fully saturated rings. The second-order valence-corrected chi connectivity index (χ2v) is 23.4. The van der Waals surface area contributed by atoms with E-state index in [-0.39, 0.29) is 19.4 Å². The van der Waals surface area contributed by atoms with E-state index in [4.69, 9.17) is 5.73 Å². The van der Waals surface area contributed by atoms with Gasteiger partial charge in [0.05, 0.1) is 50.9 Å². The average Bonchev–Trinajstić information content (AvgIpc) is 1.61. The molecule has 2 unspecified atom stereocenters. The number of nitrogens with two attached hydrogens (primary N) is 1. The topological polar surface area (TPSA) is 527 Å². The number of likely N-dealkylation sites (tertiary alicyclic amines) is 1. The summed E-state index contributed by atoms with van der Waals surface area (Å²) >= 11 is 0. The number of allylic oxidation sites excluding steroid dienone is 1. The number of aliphatic carboxylic acids is 5. The number of carbonyl (C=O) groups is 16. The van der Waals surface area contributed by atoms with Crippen molar-refractivity contribution in [3.8, 4) is 0 Å². The van der Waals surface area contributed by atoms with Gasteiger partial charge in [0.25, 0.3) is 0 Å². The van der Waals surface area contributed by atoms with Gasteiger partial charge in [-0.1, -0.05) is 72.0 Å². The monoisotopic (exact) mass is 1310 g/mol. The standard InChI is InChI=1S/C58H93N13O21/c1-8-31(4)18-13-11-9-10-12-14-21-40(72)65-37(26-45(79)80)56(89)70(7)39(27-46(81)82)54(87)66-36(25-44(77)78)51(84)61-28-41(73)64-35(24-43(75)76)50(83)62-29-42(74)67-48(32(5)59)55(88)68-47(30(2)3)57(90)71-23-17-20-38(71)53(86)69-49(58(91)92)33(6)63-52(85)34-19-15-16-22-60-34/h12,14,30-39,47-49,60H,8-11,13,15-29,59H2,1-7H3,(H,61,84)(H,62,83)(H,63,85)(H,64,73)(H,65,72)(H,66,87)(H,67,74)(H,68,88)(H,69,86)(H,75,76)(H,77,78)(H,79,80)(H,81,82)(H,91,92)/b14-12+/t31?,32-,33+,34?,35+,36+,37+,38+,39+,47+,48-,49-/m1/s1. The predicted octanol–water partition coefficient (Wildman–Crippen LogP) is -3.48. The number of piperidine rings is 1. The van der Waals surface area contributed by atoms with E-state index in [0.717, 1.165) is 52.0 Å². The maximum Gasteiger partial charge on any atom is 0.328 e. The van der Waals surface area contributed by atoms with Gasteiger partial charge in [0.15, 0.2) is 0 Å². The molecule has 2 rings (SSSR count). The number of carboxylic acids is 5. The number of rotatable bonds is 41. The third-order valence-electron chi connectivity index (χ3n) is 15.4. The maximum absolute atomic E-state index is 14.1. The summed E-state index contributed by atoms with van der Waals surface area (Å²) in [5.41, 5.74) is 6.07. The van der Waals surface area contributed by atoms with Crippen molar-refractivity contribution in [3.05, 3.63) is 12.2 Å². The Morgan fingerprint density at radius 3 is 1.67 bits per heavy atom. The first kappa shape index (κ1) is 79.3. The minimum atomic E-state index is -2.11. The molecule has 0 aromatic carbocycles. The molecular weight excluding hydrogens is 1210 g/mol. The van der Waals surface area contributed by atoms with E-state index in [2.05, 4.69) is 51.1 Å². The zero-order valence-electron chi connectivity index (χ0n) is 53.0. The fourth-order valence-electron chi connectivity index (χ4n) is 9.94. The van der Waals surface area contributed by atoms with Crippen LogP contribution in [0.3, 0.4) is 0 Å². The van der Waals surface area contributed by atoms with Gasteiger partial charge in [-0.05, 0) is 70.8 Å². The van der Waals surface area contributed by atoms with E-state index in [1.54, 1.807) is 19.9 Å². The van der Waals surface area contributed by atoms with Crippen LogP contribution in [-0.4, -0.2) is 230 Å². The number of carboxylic acid groups (broad SMARTS) is 5. The fourth-order valence-corrected chi connectivity index (χ4v) is 9.94. The molecular formula is C58H93N13O21. The van der Waals surface area contributed by atoms with Crippen molar-refractivity contribution in [1.29, 1.82) is 0 Å². The van der Waals surface area contributed by atoms with Gasteiger partial charge in [0, 0.05) is 26.1 Å². The van der Waals surface area contributed by atoms with Crippen LogP contribution in [0.5, 0.6) is 0 Å². The summed E-state index contributed by atoms with van der Waals surface area (Å²) in [6, 6.07) is -16.4. The molecule has 0 spiro atoms. The predicted molar refractivity (Wildman–Crippen MR) is 324 cm³/mol. The Hall–Kier alpha value is -8.82. The van der Waals surface area contributed by atoms with Crippen molar-refractivity contribution in [2.24, 2.45) is 17.6 Å². The Morgan fingerprint density at radius 1 is 0.576 bits per heavy atom. The summed E-state index contributed by atoms with van der Waals surface area (Å²) in [4.78, 5) is 209. The highest BCUT2D eigenvalue weighted by molar-refractivity contribution is 6.00. The van der Waals surface area contributed by atoms with Crippen LogP contribution in [0.1, 0.15) is 144 Å². The lowest BCUT2D eigenvalue weighted by Crippen LogP contribution is -2.62. The molecule has 0 aliphatic carbocycles. The second-order valence-electron chi connectivity index (χ2n) is 23.4. The van der Waals surface area contributed by atoms with E-state index in [1.165, 1.54) is 24.8 Å². The lowest BCUT2D eigenvalue weighted by molar-refractivity contribution is -0.150. The SMILES string of the molecule is CCC(C)CCCCC/C=C/CC(=O)N[C@@H](CC(=O)O)C(=O)N(C)[C@@H](CC(=O)O)C(=O)N[C@@H](CC(=O)O)C(=O)NCC(=O)N[C@@H](CC(=O)O)C(=O)NCC(=O)N[C@@H](C(=O)N[C@H](C(=O)N1CCC[C@H]1C(=O)N[C@@H](C(=O)O)[C@H](C)NC(=O)C1CCCCN1)C(C)C)[C@@H](C)N. The van der Waals surface area contributed by atoms with Gasteiger partial charge in [-0.15, -0.1) is 0 Å². The largest absolute Gasteiger partial charge is 0.481 e. The molecule has 34 nitrogen and oxygen atoms in total. The molecule has 92 heavy (non-hydrogen) atoms. The number of hydrogen-bond donors (Lipinski definition) is 16. The van der Waals surface area contributed by atoms with Gasteiger partial charge in [-0.2, -0.15) is 0 Å². The lowest BCUT2D eigenvalue weighted by Gasteiger charge is -2.33. The van der Waals surface area contributed by atoms with Crippen LogP contribution in [0.4, 0.5) is 0 Å². The highest BCUT2D eigenvalue weighted by Gasteiger charge is 2.43. The van der Waals surface area contributed by atoms with Crippen LogP contribution in [0.15, 0.2) is 12.2 Å². The molecule has 2 saturated heterocycles. The van der Waals surface area contributed by atoms with Crippen molar-refractivity contribution in [3.63, 3.8) is 0 Å². The smallest absolute Gasteiger partial charge is 0.328 e. The molecule has 2 aliphatic rings. The number of nitrogens with zero attached hydrogens (tertiary/aromatic N) is 2. The normalized spacial score (nSPS) is 17.9. The van der Waals surface area contributed by atoms with Crippen molar-refractivity contribution in [2.75, 3.05) is 33.2 Å². The van der Waals surface area contributed by atoms with Gasteiger partial charge in [-0.25, -0.2) is 4.79 Å². The lowest BCUT2D eigenvalue weighted by atomic mass is 10.0. The van der Waals surface area contributed by atoms with Crippen molar-refractivity contribution in [1.82, 2.24) is 63.0 Å². The van der Waals surface area contributed by atoms with Gasteiger partial charge in [0.2, 0.25) is 65.0 Å². The molecule has 17 N–H and O–H groups in total. The summed E-state index contributed by atoms with van der Waals surface area (Å²) in [5.74, 6) is -19.6. The maximum atomic E-state index is 14.1. The van der Waals surface area contributed by atoms with Crippen LogP contribution >= 0.6 is 0 Å². The minimum Gasteiger partial charge on any atom is -0.481 e. The van der Waals surface area contributed by atoms with Crippen LogP contribution in [0.2, 0.25) is 0 Å².